The van der Waals surface area contributed by atoms with Gasteiger partial charge in [-0.25, -0.2) is 14.2 Å². The first-order chi connectivity index (χ1) is 9.04. The average molecular weight is 284 g/mol. The van der Waals surface area contributed by atoms with Crippen molar-refractivity contribution < 1.29 is 8.78 Å². The quantitative estimate of drug-likeness (QED) is 0.669. The Morgan fingerprint density at radius 3 is 2.63 bits per heavy atom. The Hall–Kier alpha value is -1.44. The zero-order valence-electron chi connectivity index (χ0n) is 10.5. The van der Waals surface area contributed by atoms with E-state index in [1.165, 1.54) is 12.1 Å². The topological polar surface area (TPSA) is 63.8 Å². The van der Waals surface area contributed by atoms with Crippen LogP contribution in [0, 0.1) is 11.6 Å². The maximum atomic E-state index is 13.8. The zero-order chi connectivity index (χ0) is 14.0. The lowest BCUT2D eigenvalue weighted by Crippen LogP contribution is -2.29. The highest BCUT2D eigenvalue weighted by Crippen LogP contribution is 2.31. The monoisotopic (exact) mass is 284 g/mol. The van der Waals surface area contributed by atoms with Crippen LogP contribution in [-0.4, -0.2) is 9.59 Å². The second kappa shape index (κ2) is 5.68. The Morgan fingerprint density at radius 1 is 1.32 bits per heavy atom. The summed E-state index contributed by atoms with van der Waals surface area (Å²) in [4.78, 5) is 0.739. The molecule has 2 aromatic rings. The fourth-order valence-corrected chi connectivity index (χ4v) is 2.73. The molecule has 2 rings (SSSR count). The predicted molar refractivity (Wildman–Crippen MR) is 69.5 cm³/mol. The highest BCUT2D eigenvalue weighted by molar-refractivity contribution is 7.05. The van der Waals surface area contributed by atoms with Gasteiger partial charge in [0, 0.05) is 11.6 Å². The van der Waals surface area contributed by atoms with Gasteiger partial charge in [0.2, 0.25) is 0 Å². The SMILES string of the molecule is CC(C)c1nnsc1C(NN)c1ccc(F)cc1F. The number of benzene rings is 1. The van der Waals surface area contributed by atoms with E-state index < -0.39 is 17.7 Å². The van der Waals surface area contributed by atoms with E-state index in [1.807, 2.05) is 13.8 Å². The Balaban J connectivity index is 2.47. The van der Waals surface area contributed by atoms with E-state index in [0.717, 1.165) is 28.2 Å². The third-order valence-electron chi connectivity index (χ3n) is 2.79. The van der Waals surface area contributed by atoms with E-state index in [-0.39, 0.29) is 11.5 Å². The number of nitrogens with two attached hydrogens (primary N) is 1. The molecule has 19 heavy (non-hydrogen) atoms. The molecule has 0 saturated carbocycles. The normalized spacial score (nSPS) is 12.9. The zero-order valence-corrected chi connectivity index (χ0v) is 11.3. The molecular formula is C12H14F2N4S. The summed E-state index contributed by atoms with van der Waals surface area (Å²) in [7, 11) is 0. The van der Waals surface area contributed by atoms with Gasteiger partial charge in [-0.05, 0) is 23.5 Å². The first-order valence-corrected chi connectivity index (χ1v) is 6.55. The van der Waals surface area contributed by atoms with Crippen LogP contribution in [0.1, 0.15) is 41.9 Å². The molecule has 1 heterocycles. The number of nitrogens with one attached hydrogen (secondary N) is 1. The van der Waals surface area contributed by atoms with E-state index >= 15 is 0 Å². The lowest BCUT2D eigenvalue weighted by molar-refractivity contribution is 0.541. The lowest BCUT2D eigenvalue weighted by atomic mass is 10.00. The van der Waals surface area contributed by atoms with Gasteiger partial charge in [0.25, 0.3) is 0 Å². The van der Waals surface area contributed by atoms with Crippen molar-refractivity contribution in [3.05, 3.63) is 46.0 Å². The molecule has 7 heteroatoms. The summed E-state index contributed by atoms with van der Waals surface area (Å²) in [6.45, 7) is 3.93. The van der Waals surface area contributed by atoms with Crippen LogP contribution in [0.15, 0.2) is 18.2 Å². The lowest BCUT2D eigenvalue weighted by Gasteiger charge is -2.17. The molecule has 0 aliphatic rings. The average Bonchev–Trinajstić information content (AvgIpc) is 2.82. The van der Waals surface area contributed by atoms with Crippen LogP contribution in [0.2, 0.25) is 0 Å². The van der Waals surface area contributed by atoms with Gasteiger partial charge in [0.1, 0.15) is 11.6 Å². The van der Waals surface area contributed by atoms with Crippen LogP contribution in [0.3, 0.4) is 0 Å². The molecule has 102 valence electrons. The second-order valence-electron chi connectivity index (χ2n) is 4.44. The molecule has 0 aliphatic heterocycles. The summed E-state index contributed by atoms with van der Waals surface area (Å²) < 4.78 is 30.7. The molecule has 0 fully saturated rings. The number of rotatable bonds is 4. The molecule has 4 nitrogen and oxygen atoms in total. The van der Waals surface area contributed by atoms with E-state index in [2.05, 4.69) is 15.0 Å². The minimum atomic E-state index is -0.647. The molecule has 0 saturated heterocycles. The van der Waals surface area contributed by atoms with Crippen LogP contribution in [0.25, 0.3) is 0 Å². The maximum Gasteiger partial charge on any atom is 0.131 e. The molecule has 1 aromatic carbocycles. The number of hydrogen-bond acceptors (Lipinski definition) is 5. The number of nitrogens with zero attached hydrogens (tertiary/aromatic N) is 2. The molecule has 1 unspecified atom stereocenters. The van der Waals surface area contributed by atoms with Gasteiger partial charge in [-0.3, -0.25) is 5.84 Å². The van der Waals surface area contributed by atoms with Crippen LogP contribution in [0.5, 0.6) is 0 Å². The van der Waals surface area contributed by atoms with Crippen LogP contribution >= 0.6 is 11.5 Å². The summed E-state index contributed by atoms with van der Waals surface area (Å²) in [6, 6.07) is 2.83. The van der Waals surface area contributed by atoms with Gasteiger partial charge in [0.05, 0.1) is 16.6 Å². The Labute approximate surface area is 113 Å². The van der Waals surface area contributed by atoms with Crippen molar-refractivity contribution in [2.24, 2.45) is 5.84 Å². The molecule has 1 atom stereocenters. The summed E-state index contributed by atoms with van der Waals surface area (Å²) in [6.07, 6.45) is 0. The van der Waals surface area contributed by atoms with Gasteiger partial charge in [-0.1, -0.05) is 24.4 Å². The fraction of sp³-hybridized carbons (Fsp3) is 0.333. The largest absolute Gasteiger partial charge is 0.271 e. The highest BCUT2D eigenvalue weighted by atomic mass is 32.1. The number of aromatic nitrogens is 2. The molecular weight excluding hydrogens is 270 g/mol. The molecule has 0 bridgehead atoms. The Morgan fingerprint density at radius 2 is 2.05 bits per heavy atom. The van der Waals surface area contributed by atoms with Crippen molar-refractivity contribution in [2.75, 3.05) is 0 Å². The molecule has 0 aliphatic carbocycles. The van der Waals surface area contributed by atoms with E-state index in [4.69, 9.17) is 5.84 Å². The highest BCUT2D eigenvalue weighted by Gasteiger charge is 2.24. The van der Waals surface area contributed by atoms with Gasteiger partial charge < -0.3 is 0 Å². The Kier molecular flexibility index (Phi) is 4.18. The maximum absolute atomic E-state index is 13.8. The molecule has 0 spiro atoms. The first kappa shape index (κ1) is 14.0. The number of hydrazine groups is 1. The predicted octanol–water partition coefficient (Wildman–Crippen LogP) is 2.49. The summed E-state index contributed by atoms with van der Waals surface area (Å²) >= 11 is 1.15. The van der Waals surface area contributed by atoms with Gasteiger partial charge >= 0.3 is 0 Å². The minimum absolute atomic E-state index is 0.146. The smallest absolute Gasteiger partial charge is 0.131 e. The first-order valence-electron chi connectivity index (χ1n) is 5.77. The fourth-order valence-electron chi connectivity index (χ4n) is 1.85. The third kappa shape index (κ3) is 2.78. The van der Waals surface area contributed by atoms with Gasteiger partial charge in [-0.15, -0.1) is 5.10 Å². The number of hydrogen-bond donors (Lipinski definition) is 2. The van der Waals surface area contributed by atoms with E-state index in [0.29, 0.717) is 0 Å². The molecule has 0 radical (unpaired) electrons. The minimum Gasteiger partial charge on any atom is -0.271 e. The van der Waals surface area contributed by atoms with Crippen LogP contribution in [0.4, 0.5) is 8.78 Å². The summed E-state index contributed by atoms with van der Waals surface area (Å²) in [5.41, 5.74) is 3.58. The summed E-state index contributed by atoms with van der Waals surface area (Å²) in [5, 5.41) is 4.03. The third-order valence-corrected chi connectivity index (χ3v) is 3.59. The molecule has 3 N–H and O–H groups in total. The second-order valence-corrected chi connectivity index (χ2v) is 5.23. The van der Waals surface area contributed by atoms with Crippen molar-refractivity contribution in [2.45, 2.75) is 25.8 Å². The number of halogens is 2. The van der Waals surface area contributed by atoms with Crippen molar-refractivity contribution >= 4 is 11.5 Å². The Bertz CT molecular complexity index is 571. The van der Waals surface area contributed by atoms with Gasteiger partial charge in [-0.2, -0.15) is 0 Å². The molecule has 0 amide bonds. The summed E-state index contributed by atoms with van der Waals surface area (Å²) in [5.74, 6) is 4.39. The van der Waals surface area contributed by atoms with E-state index in [1.54, 1.807) is 0 Å². The van der Waals surface area contributed by atoms with Crippen molar-refractivity contribution in [3.8, 4) is 0 Å². The van der Waals surface area contributed by atoms with Crippen LogP contribution in [-0.2, 0) is 0 Å². The van der Waals surface area contributed by atoms with Gasteiger partial charge in [0.15, 0.2) is 0 Å². The van der Waals surface area contributed by atoms with Crippen molar-refractivity contribution in [3.63, 3.8) is 0 Å². The van der Waals surface area contributed by atoms with Crippen LogP contribution < -0.4 is 11.3 Å². The standard InChI is InChI=1S/C12H14F2N4S/c1-6(2)10-12(19-18-17-10)11(16-15)8-4-3-7(13)5-9(8)14/h3-6,11,16H,15H2,1-2H3. The van der Waals surface area contributed by atoms with Crippen molar-refractivity contribution in [1.82, 2.24) is 15.0 Å². The van der Waals surface area contributed by atoms with Crippen molar-refractivity contribution in [1.29, 1.82) is 0 Å². The van der Waals surface area contributed by atoms with E-state index in [9.17, 15) is 8.78 Å². The molecule has 1 aromatic heterocycles.